The number of nitrogens with one attached hydrogen (secondary N) is 2. The van der Waals surface area contributed by atoms with Crippen LogP contribution in [0, 0.1) is 0 Å². The summed E-state index contributed by atoms with van der Waals surface area (Å²) >= 11 is 0. The molecule has 158 valence electrons. The van der Waals surface area contributed by atoms with E-state index in [-0.39, 0.29) is 17.2 Å². The fourth-order valence-electron chi connectivity index (χ4n) is 3.37. The lowest BCUT2D eigenvalue weighted by atomic mass is 10.2. The van der Waals surface area contributed by atoms with Gasteiger partial charge in [-0.05, 0) is 43.5 Å². The number of amides is 2. The summed E-state index contributed by atoms with van der Waals surface area (Å²) in [6.07, 6.45) is 4.40. The Bertz CT molecular complexity index is 860. The van der Waals surface area contributed by atoms with Crippen molar-refractivity contribution in [2.24, 2.45) is 0 Å². The van der Waals surface area contributed by atoms with Gasteiger partial charge in [-0.25, -0.2) is 13.2 Å². The Hall–Kier alpha value is -2.46. The first-order valence-corrected chi connectivity index (χ1v) is 11.2. The van der Waals surface area contributed by atoms with Crippen LogP contribution in [0.5, 0.6) is 0 Å². The Kier molecular flexibility index (Phi) is 6.86. The van der Waals surface area contributed by atoms with E-state index in [0.717, 1.165) is 25.7 Å². The third kappa shape index (κ3) is 5.54. The highest BCUT2D eigenvalue weighted by Gasteiger charge is 2.29. The lowest BCUT2D eigenvalue weighted by Gasteiger charge is -2.20. The number of anilines is 1. The number of hydrogen-bond acceptors (Lipinski definition) is 6. The summed E-state index contributed by atoms with van der Waals surface area (Å²) in [4.78, 5) is 35.0. The van der Waals surface area contributed by atoms with Crippen LogP contribution >= 0.6 is 0 Å². The van der Waals surface area contributed by atoms with Crippen LogP contribution in [0.2, 0.25) is 0 Å². The molecule has 9 nitrogen and oxygen atoms in total. The minimum atomic E-state index is -3.55. The van der Waals surface area contributed by atoms with Crippen molar-refractivity contribution in [3.63, 3.8) is 0 Å². The second-order valence-corrected chi connectivity index (χ2v) is 9.10. The zero-order valence-electron chi connectivity index (χ0n) is 16.1. The van der Waals surface area contributed by atoms with Crippen molar-refractivity contribution in [2.45, 2.75) is 49.5 Å². The van der Waals surface area contributed by atoms with E-state index < -0.39 is 34.5 Å². The molecule has 0 spiro atoms. The third-order valence-corrected chi connectivity index (χ3v) is 6.88. The number of sulfonamides is 1. The molecule has 2 heterocycles. The van der Waals surface area contributed by atoms with E-state index in [1.54, 1.807) is 0 Å². The number of rotatable bonds is 6. The van der Waals surface area contributed by atoms with Crippen molar-refractivity contribution < 1.29 is 27.5 Å². The van der Waals surface area contributed by atoms with Crippen molar-refractivity contribution >= 4 is 33.5 Å². The molecule has 10 heteroatoms. The van der Waals surface area contributed by atoms with E-state index in [9.17, 15) is 22.8 Å². The zero-order chi connectivity index (χ0) is 20.9. The predicted molar refractivity (Wildman–Crippen MR) is 104 cm³/mol. The molecule has 1 aromatic carbocycles. The predicted octanol–water partition coefficient (Wildman–Crippen LogP) is 1.01. The Morgan fingerprint density at radius 1 is 1.10 bits per heavy atom. The maximum atomic E-state index is 12.8. The van der Waals surface area contributed by atoms with E-state index >= 15 is 0 Å². The first-order valence-electron chi connectivity index (χ1n) is 9.72. The summed E-state index contributed by atoms with van der Waals surface area (Å²) in [5, 5.41) is 5.03. The van der Waals surface area contributed by atoms with Crippen LogP contribution in [0.25, 0.3) is 0 Å². The standard InChI is InChI=1S/C19H25N3O6S/c23-17-10-9-16(21-17)19(25)28-13-18(24)20-14-5-7-15(8-6-14)29(26,27)22-11-3-1-2-4-12-22/h5-8,16H,1-4,9-13H2,(H,20,24)(H,21,23)/t16-/m0/s1. The smallest absolute Gasteiger partial charge is 0.329 e. The van der Waals surface area contributed by atoms with Gasteiger partial charge in [-0.3, -0.25) is 9.59 Å². The molecule has 2 aliphatic heterocycles. The molecule has 29 heavy (non-hydrogen) atoms. The topological polar surface area (TPSA) is 122 Å². The lowest BCUT2D eigenvalue weighted by Crippen LogP contribution is -2.36. The van der Waals surface area contributed by atoms with Crippen LogP contribution in [0.3, 0.4) is 0 Å². The number of hydrogen-bond donors (Lipinski definition) is 2. The summed E-state index contributed by atoms with van der Waals surface area (Å²) in [5.74, 6) is -1.41. The van der Waals surface area contributed by atoms with Crippen molar-refractivity contribution in [3.05, 3.63) is 24.3 Å². The summed E-state index contributed by atoms with van der Waals surface area (Å²) in [7, 11) is -3.55. The van der Waals surface area contributed by atoms with Gasteiger partial charge >= 0.3 is 5.97 Å². The summed E-state index contributed by atoms with van der Waals surface area (Å²) < 4.78 is 31.9. The third-order valence-electron chi connectivity index (χ3n) is 4.97. The van der Waals surface area contributed by atoms with Gasteiger partial charge in [0.25, 0.3) is 5.91 Å². The Morgan fingerprint density at radius 3 is 2.34 bits per heavy atom. The van der Waals surface area contributed by atoms with E-state index in [1.165, 1.54) is 28.6 Å². The number of ether oxygens (including phenoxy) is 1. The first kappa shape index (κ1) is 21.3. The number of nitrogens with zero attached hydrogens (tertiary/aromatic N) is 1. The Morgan fingerprint density at radius 2 is 1.76 bits per heavy atom. The fraction of sp³-hybridized carbons (Fsp3) is 0.526. The molecule has 2 N–H and O–H groups in total. The van der Waals surface area contributed by atoms with Crippen LogP contribution in [0.1, 0.15) is 38.5 Å². The van der Waals surface area contributed by atoms with Crippen molar-refractivity contribution in [1.82, 2.24) is 9.62 Å². The SMILES string of the molecule is O=C(COC(=O)[C@@H]1CCC(=O)N1)Nc1ccc(S(=O)(=O)N2CCCCCC2)cc1. The average Bonchev–Trinajstić information content (AvgIpc) is 2.95. The van der Waals surface area contributed by atoms with Crippen molar-refractivity contribution in [2.75, 3.05) is 25.0 Å². The van der Waals surface area contributed by atoms with E-state index in [1.807, 2.05) is 0 Å². The van der Waals surface area contributed by atoms with Crippen LogP contribution < -0.4 is 10.6 Å². The highest BCUT2D eigenvalue weighted by molar-refractivity contribution is 7.89. The van der Waals surface area contributed by atoms with Crippen LogP contribution in [0.4, 0.5) is 5.69 Å². The average molecular weight is 423 g/mol. The van der Waals surface area contributed by atoms with Gasteiger partial charge in [0.1, 0.15) is 6.04 Å². The monoisotopic (exact) mass is 423 g/mol. The highest BCUT2D eigenvalue weighted by atomic mass is 32.2. The van der Waals surface area contributed by atoms with Crippen LogP contribution in [-0.2, 0) is 29.1 Å². The van der Waals surface area contributed by atoms with E-state index in [0.29, 0.717) is 25.2 Å². The van der Waals surface area contributed by atoms with E-state index in [2.05, 4.69) is 10.6 Å². The summed E-state index contributed by atoms with van der Waals surface area (Å²) in [6.45, 7) is 0.556. The Balaban J connectivity index is 1.52. The molecule has 1 atom stereocenters. The second kappa shape index (κ2) is 9.36. The number of carbonyl (C=O) groups is 3. The molecule has 2 amide bonds. The molecule has 0 unspecified atom stereocenters. The number of benzene rings is 1. The lowest BCUT2D eigenvalue weighted by molar-refractivity contribution is -0.149. The quantitative estimate of drug-likeness (QED) is 0.659. The van der Waals surface area contributed by atoms with Gasteiger partial charge in [-0.1, -0.05) is 12.8 Å². The van der Waals surface area contributed by atoms with Crippen molar-refractivity contribution in [3.8, 4) is 0 Å². The minimum Gasteiger partial charge on any atom is -0.454 e. The minimum absolute atomic E-state index is 0.181. The maximum absolute atomic E-state index is 12.8. The first-order chi connectivity index (χ1) is 13.9. The molecule has 2 fully saturated rings. The van der Waals surface area contributed by atoms with E-state index in [4.69, 9.17) is 4.74 Å². The molecule has 2 saturated heterocycles. The second-order valence-electron chi connectivity index (χ2n) is 7.16. The van der Waals surface area contributed by atoms with Gasteiger partial charge < -0.3 is 15.4 Å². The van der Waals surface area contributed by atoms with Gasteiger partial charge in [-0.2, -0.15) is 4.31 Å². The zero-order valence-corrected chi connectivity index (χ0v) is 16.9. The molecular weight excluding hydrogens is 398 g/mol. The Labute approximate surface area is 169 Å². The molecule has 3 rings (SSSR count). The van der Waals surface area contributed by atoms with Crippen molar-refractivity contribution in [1.29, 1.82) is 0 Å². The van der Waals surface area contributed by atoms with Gasteiger partial charge in [-0.15, -0.1) is 0 Å². The highest BCUT2D eigenvalue weighted by Crippen LogP contribution is 2.21. The molecule has 1 aromatic rings. The molecule has 0 aromatic heterocycles. The van der Waals surface area contributed by atoms with Gasteiger partial charge in [0.2, 0.25) is 15.9 Å². The van der Waals surface area contributed by atoms with Gasteiger partial charge in [0, 0.05) is 25.2 Å². The molecule has 0 bridgehead atoms. The number of esters is 1. The van der Waals surface area contributed by atoms with Gasteiger partial charge in [0.05, 0.1) is 4.90 Å². The van der Waals surface area contributed by atoms with Crippen LogP contribution in [-0.4, -0.2) is 56.2 Å². The summed E-state index contributed by atoms with van der Waals surface area (Å²) in [6, 6.07) is 5.20. The fourth-order valence-corrected chi connectivity index (χ4v) is 4.88. The molecule has 0 saturated carbocycles. The van der Waals surface area contributed by atoms with Gasteiger partial charge in [0.15, 0.2) is 6.61 Å². The summed E-state index contributed by atoms with van der Waals surface area (Å²) in [5.41, 5.74) is 0.398. The maximum Gasteiger partial charge on any atom is 0.329 e. The largest absolute Gasteiger partial charge is 0.454 e. The molecule has 0 radical (unpaired) electrons. The number of carbonyl (C=O) groups excluding carboxylic acids is 3. The van der Waals surface area contributed by atoms with Crippen LogP contribution in [0.15, 0.2) is 29.2 Å². The molecule has 0 aliphatic carbocycles. The molecule has 2 aliphatic rings. The molecular formula is C19H25N3O6S. The normalized spacial score (nSPS) is 20.6.